The van der Waals surface area contributed by atoms with E-state index in [4.69, 9.17) is 9.15 Å². The molecule has 0 amide bonds. The molecule has 6 nitrogen and oxygen atoms in total. The summed E-state index contributed by atoms with van der Waals surface area (Å²) in [6.07, 6.45) is 0.670. The van der Waals surface area contributed by atoms with E-state index in [9.17, 15) is 4.79 Å². The maximum atomic E-state index is 11.1. The minimum atomic E-state index is -0.279. The summed E-state index contributed by atoms with van der Waals surface area (Å²) < 4.78 is 16.2. The first-order valence-electron chi connectivity index (χ1n) is 9.58. The summed E-state index contributed by atoms with van der Waals surface area (Å²) in [5.41, 5.74) is 4.15. The quantitative estimate of drug-likeness (QED) is 0.556. The van der Waals surface area contributed by atoms with Gasteiger partial charge in [-0.25, -0.2) is 4.98 Å². The van der Waals surface area contributed by atoms with Crippen molar-refractivity contribution in [3.05, 3.63) is 71.1 Å². The number of aromatic nitrogens is 1. The van der Waals surface area contributed by atoms with Crippen molar-refractivity contribution in [3.63, 3.8) is 0 Å². The summed E-state index contributed by atoms with van der Waals surface area (Å²) in [5.74, 6) is 1.97. The van der Waals surface area contributed by atoms with Crippen molar-refractivity contribution in [2.75, 3.05) is 20.3 Å². The van der Waals surface area contributed by atoms with Gasteiger partial charge < -0.3 is 19.2 Å². The fourth-order valence-electron chi connectivity index (χ4n) is 2.83. The van der Waals surface area contributed by atoms with Gasteiger partial charge >= 0.3 is 5.97 Å². The number of oxazole rings is 1. The number of hydrogen-bond donors (Lipinski definition) is 1. The Bertz CT molecular complexity index is 931. The topological polar surface area (TPSA) is 73.6 Å². The highest BCUT2D eigenvalue weighted by Gasteiger charge is 2.11. The highest BCUT2D eigenvalue weighted by molar-refractivity contribution is 5.71. The summed E-state index contributed by atoms with van der Waals surface area (Å²) in [5, 5.41) is 3.03. The first-order valence-corrected chi connectivity index (χ1v) is 9.58. The van der Waals surface area contributed by atoms with Crippen LogP contribution in [0.2, 0.25) is 0 Å². The van der Waals surface area contributed by atoms with E-state index in [1.54, 1.807) is 0 Å². The zero-order chi connectivity index (χ0) is 20.6. The Balaban J connectivity index is 1.48. The predicted molar refractivity (Wildman–Crippen MR) is 111 cm³/mol. The third kappa shape index (κ3) is 5.93. The number of ether oxygens (including phenoxy) is 2. The van der Waals surface area contributed by atoms with Crippen LogP contribution in [0, 0.1) is 13.8 Å². The van der Waals surface area contributed by atoms with Crippen LogP contribution in [-0.4, -0.2) is 31.2 Å². The van der Waals surface area contributed by atoms with Gasteiger partial charge in [0.2, 0.25) is 5.89 Å². The maximum Gasteiger partial charge on any atom is 0.319 e. The molecule has 0 aliphatic rings. The molecule has 1 aromatic heterocycles. The SMILES string of the molecule is COC(=O)CNCc1ccc(OCCc2nc(-c3ccc(C)cc3)oc2C)cc1. The van der Waals surface area contributed by atoms with E-state index >= 15 is 0 Å². The van der Waals surface area contributed by atoms with Gasteiger partial charge in [-0.3, -0.25) is 4.79 Å². The molecule has 6 heteroatoms. The molecule has 1 N–H and O–H groups in total. The summed E-state index contributed by atoms with van der Waals surface area (Å²) in [6, 6.07) is 15.9. The first-order chi connectivity index (χ1) is 14.0. The van der Waals surface area contributed by atoms with Crippen molar-refractivity contribution in [2.45, 2.75) is 26.8 Å². The Kier molecular flexibility index (Phi) is 7.03. The van der Waals surface area contributed by atoms with Gasteiger partial charge in [-0.15, -0.1) is 0 Å². The molecule has 0 aliphatic carbocycles. The predicted octanol–water partition coefficient (Wildman–Crippen LogP) is 3.84. The number of aryl methyl sites for hydroxylation is 2. The van der Waals surface area contributed by atoms with Gasteiger partial charge in [0.25, 0.3) is 0 Å². The molecule has 0 unspecified atom stereocenters. The molecule has 0 bridgehead atoms. The second-order valence-corrected chi connectivity index (χ2v) is 6.81. The number of esters is 1. The normalized spacial score (nSPS) is 10.7. The average Bonchev–Trinajstić information content (AvgIpc) is 3.10. The standard InChI is InChI=1S/C23H26N2O4/c1-16-4-8-19(9-5-16)23-25-21(17(2)29-23)12-13-28-20-10-6-18(7-11-20)14-24-15-22(26)27-3/h4-11,24H,12-15H2,1-3H3. The van der Waals surface area contributed by atoms with Crippen molar-refractivity contribution in [2.24, 2.45) is 0 Å². The lowest BCUT2D eigenvalue weighted by atomic mass is 10.1. The van der Waals surface area contributed by atoms with E-state index < -0.39 is 0 Å². The molecule has 29 heavy (non-hydrogen) atoms. The van der Waals surface area contributed by atoms with Crippen molar-refractivity contribution in [3.8, 4) is 17.2 Å². The molecule has 0 aliphatic heterocycles. The van der Waals surface area contributed by atoms with Crippen LogP contribution in [0.15, 0.2) is 52.9 Å². The summed E-state index contributed by atoms with van der Waals surface area (Å²) >= 11 is 0. The van der Waals surface area contributed by atoms with Crippen LogP contribution in [0.25, 0.3) is 11.5 Å². The fourth-order valence-corrected chi connectivity index (χ4v) is 2.83. The van der Waals surface area contributed by atoms with E-state index in [0.717, 1.165) is 28.3 Å². The number of hydrogen-bond acceptors (Lipinski definition) is 6. The van der Waals surface area contributed by atoms with Crippen LogP contribution in [0.5, 0.6) is 5.75 Å². The molecule has 152 valence electrons. The molecule has 1 heterocycles. The zero-order valence-electron chi connectivity index (χ0n) is 17.0. The Morgan fingerprint density at radius 1 is 1.07 bits per heavy atom. The van der Waals surface area contributed by atoms with Gasteiger partial charge in [-0.05, 0) is 43.7 Å². The van der Waals surface area contributed by atoms with Crippen LogP contribution in [-0.2, 0) is 22.5 Å². The molecule has 3 aromatic rings. The second-order valence-electron chi connectivity index (χ2n) is 6.81. The highest BCUT2D eigenvalue weighted by atomic mass is 16.5. The molecule has 0 spiro atoms. The van der Waals surface area contributed by atoms with Crippen molar-refractivity contribution < 1.29 is 18.7 Å². The van der Waals surface area contributed by atoms with E-state index in [1.165, 1.54) is 12.7 Å². The van der Waals surface area contributed by atoms with Crippen LogP contribution in [0.1, 0.15) is 22.6 Å². The molecule has 0 fully saturated rings. The third-order valence-corrected chi connectivity index (χ3v) is 4.55. The minimum absolute atomic E-state index is 0.191. The lowest BCUT2D eigenvalue weighted by molar-refractivity contribution is -0.139. The number of rotatable bonds is 9. The van der Waals surface area contributed by atoms with Gasteiger partial charge in [0, 0.05) is 18.5 Å². The molecule has 0 saturated carbocycles. The molecule has 2 aromatic carbocycles. The zero-order valence-corrected chi connectivity index (χ0v) is 17.0. The van der Waals surface area contributed by atoms with Gasteiger partial charge in [0.15, 0.2) is 0 Å². The Morgan fingerprint density at radius 3 is 2.48 bits per heavy atom. The van der Waals surface area contributed by atoms with Crippen LogP contribution >= 0.6 is 0 Å². The molecule has 0 saturated heterocycles. The molecule has 0 radical (unpaired) electrons. The average molecular weight is 394 g/mol. The monoisotopic (exact) mass is 394 g/mol. The summed E-state index contributed by atoms with van der Waals surface area (Å²) in [7, 11) is 1.38. The largest absolute Gasteiger partial charge is 0.493 e. The van der Waals surface area contributed by atoms with Crippen molar-refractivity contribution in [1.29, 1.82) is 0 Å². The molecule has 3 rings (SSSR count). The van der Waals surface area contributed by atoms with Gasteiger partial charge in [0.05, 0.1) is 26.0 Å². The Morgan fingerprint density at radius 2 is 1.79 bits per heavy atom. The van der Waals surface area contributed by atoms with Gasteiger partial charge in [0.1, 0.15) is 11.5 Å². The number of nitrogens with zero attached hydrogens (tertiary/aromatic N) is 1. The van der Waals surface area contributed by atoms with Crippen LogP contribution < -0.4 is 10.1 Å². The number of nitrogens with one attached hydrogen (secondary N) is 1. The first kappa shape index (κ1) is 20.6. The van der Waals surface area contributed by atoms with E-state index in [-0.39, 0.29) is 12.5 Å². The summed E-state index contributed by atoms with van der Waals surface area (Å²) in [6.45, 7) is 5.28. The van der Waals surface area contributed by atoms with Crippen LogP contribution in [0.3, 0.4) is 0 Å². The second kappa shape index (κ2) is 9.89. The smallest absolute Gasteiger partial charge is 0.319 e. The molecular weight excluding hydrogens is 368 g/mol. The Hall–Kier alpha value is -3.12. The maximum absolute atomic E-state index is 11.1. The third-order valence-electron chi connectivity index (χ3n) is 4.55. The highest BCUT2D eigenvalue weighted by Crippen LogP contribution is 2.22. The number of methoxy groups -OCH3 is 1. The molecular formula is C23H26N2O4. The minimum Gasteiger partial charge on any atom is -0.493 e. The van der Waals surface area contributed by atoms with E-state index in [0.29, 0.717) is 25.5 Å². The molecule has 0 atom stereocenters. The lowest BCUT2D eigenvalue weighted by Crippen LogP contribution is -2.23. The lowest BCUT2D eigenvalue weighted by Gasteiger charge is -2.07. The summed E-state index contributed by atoms with van der Waals surface area (Å²) in [4.78, 5) is 15.7. The van der Waals surface area contributed by atoms with Crippen molar-refractivity contribution in [1.82, 2.24) is 10.3 Å². The van der Waals surface area contributed by atoms with Crippen molar-refractivity contribution >= 4 is 5.97 Å². The van der Waals surface area contributed by atoms with E-state index in [2.05, 4.69) is 22.0 Å². The van der Waals surface area contributed by atoms with Gasteiger partial charge in [-0.1, -0.05) is 29.8 Å². The van der Waals surface area contributed by atoms with Gasteiger partial charge in [-0.2, -0.15) is 0 Å². The fraction of sp³-hybridized carbons (Fsp3) is 0.304. The number of carbonyl (C=O) groups excluding carboxylic acids is 1. The Labute approximate surface area is 170 Å². The van der Waals surface area contributed by atoms with E-state index in [1.807, 2.05) is 55.5 Å². The van der Waals surface area contributed by atoms with Crippen LogP contribution in [0.4, 0.5) is 0 Å². The number of benzene rings is 2. The number of carbonyl (C=O) groups is 1.